The van der Waals surface area contributed by atoms with E-state index >= 15 is 0 Å². The zero-order valence-electron chi connectivity index (χ0n) is 9.84. The number of hydrogen-bond donors (Lipinski definition) is 1. The minimum absolute atomic E-state index is 0.0127. The van der Waals surface area contributed by atoms with E-state index in [0.717, 1.165) is 0 Å². The molecule has 1 aromatic carbocycles. The van der Waals surface area contributed by atoms with Crippen LogP contribution in [-0.2, 0) is 19.6 Å². The Labute approximate surface area is 120 Å². The first-order valence-corrected chi connectivity index (χ1v) is 7.58. The maximum absolute atomic E-state index is 11.5. The molecule has 8 heteroatoms. The molecular formula is C11H11Cl2NO4S. The number of ether oxygens (including phenoxy) is 1. The molecule has 5 nitrogen and oxygen atoms in total. The van der Waals surface area contributed by atoms with Crippen LogP contribution < -0.4 is 5.14 Å². The third kappa shape index (κ3) is 2.58. The first-order chi connectivity index (χ1) is 8.69. The number of methoxy groups -OCH3 is 1. The Morgan fingerprint density at radius 1 is 1.32 bits per heavy atom. The highest BCUT2D eigenvalue weighted by molar-refractivity contribution is 7.89. The van der Waals surface area contributed by atoms with Crippen molar-refractivity contribution in [3.63, 3.8) is 0 Å². The summed E-state index contributed by atoms with van der Waals surface area (Å²) in [6, 6.07) is 5.77. The maximum Gasteiger partial charge on any atom is 0.312 e. The summed E-state index contributed by atoms with van der Waals surface area (Å²) in [6.07, 6.45) is 0. The summed E-state index contributed by atoms with van der Waals surface area (Å²) in [5, 5.41) is 4.99. The second-order valence-corrected chi connectivity index (χ2v) is 7.27. The molecule has 1 saturated carbocycles. The molecule has 0 spiro atoms. The number of rotatable bonds is 3. The molecule has 2 atom stereocenters. The fraction of sp³-hybridized carbons (Fsp3) is 0.364. The lowest BCUT2D eigenvalue weighted by atomic mass is 10.1. The van der Waals surface area contributed by atoms with Gasteiger partial charge in [-0.1, -0.05) is 35.3 Å². The molecule has 0 aliphatic heterocycles. The number of halogens is 2. The van der Waals surface area contributed by atoms with Crippen LogP contribution in [0.3, 0.4) is 0 Å². The number of sulfonamides is 1. The van der Waals surface area contributed by atoms with Crippen molar-refractivity contribution in [1.29, 1.82) is 0 Å². The van der Waals surface area contributed by atoms with Gasteiger partial charge in [-0.15, -0.1) is 0 Å². The Morgan fingerprint density at radius 2 is 1.84 bits per heavy atom. The Kier molecular flexibility index (Phi) is 3.55. The molecule has 2 rings (SSSR count). The van der Waals surface area contributed by atoms with Crippen molar-refractivity contribution >= 4 is 39.2 Å². The summed E-state index contributed by atoms with van der Waals surface area (Å²) >= 11 is 12.1. The topological polar surface area (TPSA) is 86.5 Å². The summed E-state index contributed by atoms with van der Waals surface area (Å²) < 4.78 is 25.6. The van der Waals surface area contributed by atoms with Crippen LogP contribution in [0.15, 0.2) is 29.2 Å². The molecule has 104 valence electrons. The molecule has 0 heterocycles. The molecule has 1 aliphatic rings. The van der Waals surface area contributed by atoms with Crippen molar-refractivity contribution in [2.45, 2.75) is 15.1 Å². The number of esters is 1. The van der Waals surface area contributed by atoms with E-state index in [1.165, 1.54) is 31.4 Å². The van der Waals surface area contributed by atoms with Gasteiger partial charge in [0.05, 0.1) is 12.0 Å². The lowest BCUT2D eigenvalue weighted by Gasteiger charge is -2.02. The van der Waals surface area contributed by atoms with Crippen molar-refractivity contribution in [2.75, 3.05) is 7.11 Å². The van der Waals surface area contributed by atoms with Gasteiger partial charge in [0.15, 0.2) is 0 Å². The predicted molar refractivity (Wildman–Crippen MR) is 70.5 cm³/mol. The van der Waals surface area contributed by atoms with Crippen LogP contribution in [0.25, 0.3) is 0 Å². The smallest absolute Gasteiger partial charge is 0.312 e. The van der Waals surface area contributed by atoms with Crippen molar-refractivity contribution in [3.8, 4) is 0 Å². The van der Waals surface area contributed by atoms with Crippen LogP contribution in [-0.4, -0.2) is 25.8 Å². The van der Waals surface area contributed by atoms with Crippen LogP contribution >= 0.6 is 23.2 Å². The van der Waals surface area contributed by atoms with Gasteiger partial charge in [-0.2, -0.15) is 0 Å². The van der Waals surface area contributed by atoms with Crippen LogP contribution in [0.5, 0.6) is 0 Å². The van der Waals surface area contributed by atoms with Gasteiger partial charge in [-0.05, 0) is 17.7 Å². The van der Waals surface area contributed by atoms with Gasteiger partial charge in [0.25, 0.3) is 0 Å². The van der Waals surface area contributed by atoms with E-state index in [1.54, 1.807) is 0 Å². The zero-order valence-corrected chi connectivity index (χ0v) is 12.2. The van der Waals surface area contributed by atoms with Gasteiger partial charge >= 0.3 is 5.97 Å². The fourth-order valence-corrected chi connectivity index (χ4v) is 3.35. The zero-order chi connectivity index (χ0) is 14.4. The molecule has 0 aromatic heterocycles. The molecule has 0 unspecified atom stereocenters. The predicted octanol–water partition coefficient (Wildman–Crippen LogP) is 1.39. The van der Waals surface area contributed by atoms with Gasteiger partial charge in [0.1, 0.15) is 10.3 Å². The number of primary sulfonamides is 1. The van der Waals surface area contributed by atoms with Crippen LogP contribution in [0.2, 0.25) is 0 Å². The van der Waals surface area contributed by atoms with E-state index in [1.807, 2.05) is 0 Å². The monoisotopic (exact) mass is 323 g/mol. The summed E-state index contributed by atoms with van der Waals surface area (Å²) in [7, 11) is -2.49. The molecule has 0 saturated heterocycles. The number of benzene rings is 1. The van der Waals surface area contributed by atoms with E-state index < -0.39 is 32.2 Å². The SMILES string of the molecule is COC(=O)[C@@H]1[C@@H](c2ccc(S(N)(=O)=O)cc2)C1(Cl)Cl. The van der Waals surface area contributed by atoms with Crippen LogP contribution in [0, 0.1) is 5.92 Å². The molecule has 1 aliphatic carbocycles. The first kappa shape index (κ1) is 14.6. The lowest BCUT2D eigenvalue weighted by molar-refractivity contribution is -0.142. The molecular weight excluding hydrogens is 313 g/mol. The Hall–Kier alpha value is -0.820. The van der Waals surface area contributed by atoms with Gasteiger partial charge in [0, 0.05) is 5.92 Å². The largest absolute Gasteiger partial charge is 0.469 e. The lowest BCUT2D eigenvalue weighted by Crippen LogP contribution is -2.11. The number of carbonyl (C=O) groups excluding carboxylic acids is 1. The summed E-state index contributed by atoms with van der Waals surface area (Å²) in [5.41, 5.74) is 0.660. The normalized spacial score (nSPS) is 24.8. The Bertz CT molecular complexity index is 612. The van der Waals surface area contributed by atoms with Crippen molar-refractivity contribution in [3.05, 3.63) is 29.8 Å². The van der Waals surface area contributed by atoms with Gasteiger partial charge in [0.2, 0.25) is 10.0 Å². The summed E-state index contributed by atoms with van der Waals surface area (Å²) in [6.45, 7) is 0. The average Bonchev–Trinajstić information content (AvgIpc) is 2.90. The minimum Gasteiger partial charge on any atom is -0.469 e. The van der Waals surface area contributed by atoms with Gasteiger partial charge < -0.3 is 4.74 Å². The van der Waals surface area contributed by atoms with Crippen molar-refractivity contribution < 1.29 is 17.9 Å². The fourth-order valence-electron chi connectivity index (χ4n) is 2.03. The number of carbonyl (C=O) groups is 1. The van der Waals surface area contributed by atoms with Crippen LogP contribution in [0.1, 0.15) is 11.5 Å². The number of alkyl halides is 2. The molecule has 0 bridgehead atoms. The highest BCUT2D eigenvalue weighted by Crippen LogP contribution is 2.65. The van der Waals surface area contributed by atoms with Crippen molar-refractivity contribution in [2.24, 2.45) is 11.1 Å². The number of nitrogens with two attached hydrogens (primary N) is 1. The average molecular weight is 324 g/mol. The second-order valence-electron chi connectivity index (χ2n) is 4.27. The molecule has 1 aromatic rings. The standard InChI is InChI=1S/C11H11Cl2NO4S/c1-18-10(15)9-8(11(9,12)13)6-2-4-7(5-3-6)19(14,16)17/h2-5,8-9H,1H3,(H2,14,16,17)/t8-,9+/m1/s1. The Morgan fingerprint density at radius 3 is 2.26 bits per heavy atom. The third-order valence-electron chi connectivity index (χ3n) is 3.08. The van der Waals surface area contributed by atoms with Gasteiger partial charge in [-0.3, -0.25) is 4.79 Å². The van der Waals surface area contributed by atoms with E-state index in [0.29, 0.717) is 5.56 Å². The van der Waals surface area contributed by atoms with E-state index in [2.05, 4.69) is 4.74 Å². The number of hydrogen-bond acceptors (Lipinski definition) is 4. The minimum atomic E-state index is -3.75. The molecule has 1 fully saturated rings. The summed E-state index contributed by atoms with van der Waals surface area (Å²) in [4.78, 5) is 11.5. The first-order valence-electron chi connectivity index (χ1n) is 5.28. The third-order valence-corrected chi connectivity index (χ3v) is 4.95. The molecule has 2 N–H and O–H groups in total. The Balaban J connectivity index is 2.28. The van der Waals surface area contributed by atoms with Crippen molar-refractivity contribution in [1.82, 2.24) is 0 Å². The van der Waals surface area contributed by atoms with E-state index in [-0.39, 0.29) is 4.90 Å². The van der Waals surface area contributed by atoms with Crippen LogP contribution in [0.4, 0.5) is 0 Å². The second kappa shape index (κ2) is 4.63. The molecule has 0 amide bonds. The maximum atomic E-state index is 11.5. The molecule has 19 heavy (non-hydrogen) atoms. The highest BCUT2D eigenvalue weighted by atomic mass is 35.5. The quantitative estimate of drug-likeness (QED) is 0.672. The summed E-state index contributed by atoms with van der Waals surface area (Å²) in [5.74, 6) is -1.57. The van der Waals surface area contributed by atoms with Gasteiger partial charge in [-0.25, -0.2) is 13.6 Å². The highest BCUT2D eigenvalue weighted by Gasteiger charge is 2.68. The van der Waals surface area contributed by atoms with E-state index in [4.69, 9.17) is 28.3 Å². The van der Waals surface area contributed by atoms with E-state index in [9.17, 15) is 13.2 Å². The molecule has 0 radical (unpaired) electrons.